The molecule has 4 rings (SSSR count). The molecule has 220 valence electrons. The van der Waals surface area contributed by atoms with Crippen molar-refractivity contribution < 1.29 is 19.1 Å². The smallest absolute Gasteiger partial charge is 0.410 e. The lowest BCUT2D eigenvalue weighted by molar-refractivity contribution is -0.141. The summed E-state index contributed by atoms with van der Waals surface area (Å²) in [6, 6.07) is 8.76. The summed E-state index contributed by atoms with van der Waals surface area (Å²) in [6.07, 6.45) is 2.07. The molecule has 0 N–H and O–H groups in total. The summed E-state index contributed by atoms with van der Waals surface area (Å²) in [7, 11) is 1.46. The molecule has 2 fully saturated rings. The van der Waals surface area contributed by atoms with Crippen molar-refractivity contribution in [2.75, 3.05) is 39.8 Å². The van der Waals surface area contributed by atoms with Gasteiger partial charge in [0.2, 0.25) is 0 Å². The van der Waals surface area contributed by atoms with Gasteiger partial charge in [0.05, 0.1) is 24.9 Å². The van der Waals surface area contributed by atoms with E-state index in [1.54, 1.807) is 0 Å². The molecule has 1 amide bonds. The van der Waals surface area contributed by atoms with E-state index < -0.39 is 5.60 Å². The molecule has 2 aromatic rings. The van der Waals surface area contributed by atoms with Crippen molar-refractivity contribution in [3.05, 3.63) is 46.8 Å². The second-order valence-electron chi connectivity index (χ2n) is 14.0. The Morgan fingerprint density at radius 2 is 1.65 bits per heavy atom. The first-order valence-electron chi connectivity index (χ1n) is 14.5. The number of rotatable bonds is 6. The van der Waals surface area contributed by atoms with Gasteiger partial charge in [-0.25, -0.2) is 9.48 Å². The van der Waals surface area contributed by atoms with Crippen LogP contribution >= 0.6 is 0 Å². The Kier molecular flexibility index (Phi) is 8.42. The number of benzene rings is 1. The number of hydrogen-bond donors (Lipinski definition) is 0. The van der Waals surface area contributed by atoms with Crippen LogP contribution in [0.5, 0.6) is 0 Å². The van der Waals surface area contributed by atoms with Crippen molar-refractivity contribution in [1.29, 1.82) is 0 Å². The maximum atomic E-state index is 12.6. The van der Waals surface area contributed by atoms with Crippen LogP contribution in [0, 0.1) is 19.3 Å². The van der Waals surface area contributed by atoms with Gasteiger partial charge >= 0.3 is 12.1 Å². The number of piperidine rings is 1. The van der Waals surface area contributed by atoms with Crippen LogP contribution in [0.4, 0.5) is 4.79 Å². The Morgan fingerprint density at radius 3 is 2.17 bits per heavy atom. The predicted octanol–water partition coefficient (Wildman–Crippen LogP) is 5.77. The lowest BCUT2D eigenvalue weighted by Gasteiger charge is -2.54. The van der Waals surface area contributed by atoms with E-state index in [-0.39, 0.29) is 28.8 Å². The predicted molar refractivity (Wildman–Crippen MR) is 157 cm³/mol. The molecular formula is C32H48N4O4. The Labute approximate surface area is 240 Å². The molecule has 1 aromatic heterocycles. The molecule has 1 aromatic carbocycles. The minimum Gasteiger partial charge on any atom is -0.469 e. The minimum absolute atomic E-state index is 0.00432. The molecule has 1 spiro atoms. The van der Waals surface area contributed by atoms with E-state index in [1.165, 1.54) is 12.7 Å². The number of carbonyl (C=O) groups excluding carboxylic acids is 2. The zero-order valence-corrected chi connectivity index (χ0v) is 26.0. The van der Waals surface area contributed by atoms with Gasteiger partial charge in [0.25, 0.3) is 0 Å². The molecule has 1 atom stereocenters. The van der Waals surface area contributed by atoms with Crippen molar-refractivity contribution in [3.8, 4) is 5.69 Å². The standard InChI is InChI=1S/C32H48N4O4/c1-22-14-23(2)36(33-22)27-16-24(15-26(18-27)30(3,4)5)25(17-28(37)39-9)19-34-20-32(21-34)10-12-35(13-11-32)29(38)40-31(6,7)8/h14-16,18,25H,10-13,17,19-21H2,1-9H3/t25-/m1/s1. The number of amides is 1. The highest BCUT2D eigenvalue weighted by Gasteiger charge is 2.46. The highest BCUT2D eigenvalue weighted by atomic mass is 16.6. The van der Waals surface area contributed by atoms with Gasteiger partial charge in [-0.05, 0) is 87.6 Å². The number of likely N-dealkylation sites (tertiary alicyclic amines) is 2. The SMILES string of the molecule is COC(=O)C[C@H](CN1CC2(CCN(C(=O)OC(C)(C)C)CC2)C1)c1cc(-n2nc(C)cc2C)cc(C(C)(C)C)c1. The number of esters is 1. The highest BCUT2D eigenvalue weighted by molar-refractivity contribution is 5.70. The Bertz CT molecular complexity index is 1220. The molecule has 0 radical (unpaired) electrons. The Balaban J connectivity index is 1.51. The van der Waals surface area contributed by atoms with E-state index in [0.717, 1.165) is 68.2 Å². The van der Waals surface area contributed by atoms with Crippen LogP contribution in [-0.2, 0) is 19.7 Å². The second kappa shape index (κ2) is 11.2. The summed E-state index contributed by atoms with van der Waals surface area (Å²) in [5.41, 5.74) is 5.15. The van der Waals surface area contributed by atoms with Gasteiger partial charge in [-0.2, -0.15) is 5.10 Å². The summed E-state index contributed by atoms with van der Waals surface area (Å²) in [5, 5.41) is 4.74. The third kappa shape index (κ3) is 7.06. The molecule has 3 heterocycles. The molecule has 2 aliphatic rings. The van der Waals surface area contributed by atoms with Crippen LogP contribution in [-0.4, -0.2) is 77.1 Å². The summed E-state index contributed by atoms with van der Waals surface area (Å²) >= 11 is 0. The molecule has 0 aliphatic carbocycles. The average Bonchev–Trinajstić information content (AvgIpc) is 3.18. The number of methoxy groups -OCH3 is 1. The topological polar surface area (TPSA) is 76.9 Å². The van der Waals surface area contributed by atoms with Crippen LogP contribution in [0.1, 0.15) is 89.2 Å². The fourth-order valence-corrected chi connectivity index (χ4v) is 6.04. The van der Waals surface area contributed by atoms with Gasteiger partial charge in [0.1, 0.15) is 5.60 Å². The first kappa shape index (κ1) is 30.1. The number of aromatic nitrogens is 2. The van der Waals surface area contributed by atoms with Crippen LogP contribution in [0.2, 0.25) is 0 Å². The summed E-state index contributed by atoms with van der Waals surface area (Å²) in [5.74, 6) is -0.190. The molecule has 0 unspecified atom stereocenters. The van der Waals surface area contributed by atoms with Crippen LogP contribution in [0.3, 0.4) is 0 Å². The van der Waals surface area contributed by atoms with Crippen LogP contribution in [0.25, 0.3) is 5.69 Å². The molecule has 40 heavy (non-hydrogen) atoms. The van der Waals surface area contributed by atoms with Gasteiger partial charge in [0, 0.05) is 44.3 Å². The number of aryl methyl sites for hydroxylation is 2. The minimum atomic E-state index is -0.479. The maximum absolute atomic E-state index is 12.6. The monoisotopic (exact) mass is 552 g/mol. The molecule has 8 nitrogen and oxygen atoms in total. The highest BCUT2D eigenvalue weighted by Crippen LogP contribution is 2.42. The van der Waals surface area contributed by atoms with Gasteiger partial charge in [-0.1, -0.05) is 26.8 Å². The van der Waals surface area contributed by atoms with E-state index >= 15 is 0 Å². The first-order valence-corrected chi connectivity index (χ1v) is 14.5. The largest absolute Gasteiger partial charge is 0.469 e. The first-order chi connectivity index (χ1) is 18.6. The summed E-state index contributed by atoms with van der Waals surface area (Å²) < 4.78 is 12.7. The third-order valence-corrected chi connectivity index (χ3v) is 8.24. The fraction of sp³-hybridized carbons (Fsp3) is 0.656. The van der Waals surface area contributed by atoms with Gasteiger partial charge in [-0.3, -0.25) is 4.79 Å². The normalized spacial score (nSPS) is 18.4. The van der Waals surface area contributed by atoms with Crippen LogP contribution < -0.4 is 0 Å². The van der Waals surface area contributed by atoms with Crippen molar-refractivity contribution in [3.63, 3.8) is 0 Å². The quantitative estimate of drug-likeness (QED) is 0.424. The number of hydrogen-bond acceptors (Lipinski definition) is 6. The molecule has 0 bridgehead atoms. The maximum Gasteiger partial charge on any atom is 0.410 e. The number of nitrogens with zero attached hydrogens (tertiary/aromatic N) is 4. The number of carbonyl (C=O) groups is 2. The summed E-state index contributed by atoms with van der Waals surface area (Å²) in [4.78, 5) is 29.4. The Hall–Kier alpha value is -2.87. The lowest BCUT2D eigenvalue weighted by atomic mass is 9.71. The zero-order chi connectivity index (χ0) is 29.5. The van der Waals surface area contributed by atoms with E-state index in [0.29, 0.717) is 6.42 Å². The van der Waals surface area contributed by atoms with E-state index in [4.69, 9.17) is 14.6 Å². The van der Waals surface area contributed by atoms with Gasteiger partial charge in [0.15, 0.2) is 0 Å². The molecule has 2 aliphatic heterocycles. The number of ether oxygens (including phenoxy) is 2. The Morgan fingerprint density at radius 1 is 1.00 bits per heavy atom. The van der Waals surface area contributed by atoms with E-state index in [2.05, 4.69) is 56.9 Å². The second-order valence-corrected chi connectivity index (χ2v) is 14.0. The van der Waals surface area contributed by atoms with Crippen molar-refractivity contribution >= 4 is 12.1 Å². The van der Waals surface area contributed by atoms with Crippen molar-refractivity contribution in [2.45, 2.75) is 91.6 Å². The third-order valence-electron chi connectivity index (χ3n) is 8.24. The van der Waals surface area contributed by atoms with Crippen molar-refractivity contribution in [1.82, 2.24) is 19.6 Å². The van der Waals surface area contributed by atoms with Crippen molar-refractivity contribution in [2.24, 2.45) is 5.41 Å². The molecular weight excluding hydrogens is 504 g/mol. The van der Waals surface area contributed by atoms with Gasteiger partial charge < -0.3 is 19.3 Å². The van der Waals surface area contributed by atoms with E-state index in [1.807, 2.05) is 37.3 Å². The average molecular weight is 553 g/mol. The molecule has 8 heteroatoms. The molecule has 0 saturated carbocycles. The van der Waals surface area contributed by atoms with E-state index in [9.17, 15) is 9.59 Å². The zero-order valence-electron chi connectivity index (χ0n) is 26.0. The van der Waals surface area contributed by atoms with Gasteiger partial charge in [-0.15, -0.1) is 0 Å². The lowest BCUT2D eigenvalue weighted by Crippen LogP contribution is -2.61. The fourth-order valence-electron chi connectivity index (χ4n) is 6.04. The summed E-state index contributed by atoms with van der Waals surface area (Å²) in [6.45, 7) is 20.7. The molecule has 2 saturated heterocycles. The van der Waals surface area contributed by atoms with Crippen LogP contribution in [0.15, 0.2) is 24.3 Å².